The molecule has 1 fully saturated rings. The predicted molar refractivity (Wildman–Crippen MR) is 88.6 cm³/mol. The van der Waals surface area contributed by atoms with Crippen molar-refractivity contribution in [2.45, 2.75) is 57.7 Å². The molecule has 1 amide bonds. The fraction of sp³-hybridized carbons (Fsp3) is 0.765. The molecule has 1 aliphatic carbocycles. The van der Waals surface area contributed by atoms with Crippen molar-refractivity contribution in [2.24, 2.45) is 0 Å². The van der Waals surface area contributed by atoms with Crippen LogP contribution in [0.4, 0.5) is 4.79 Å². The van der Waals surface area contributed by atoms with Crippen LogP contribution in [-0.2, 0) is 17.7 Å². The van der Waals surface area contributed by atoms with Crippen molar-refractivity contribution < 1.29 is 9.53 Å². The van der Waals surface area contributed by atoms with Crippen molar-refractivity contribution in [1.82, 2.24) is 19.6 Å². The summed E-state index contributed by atoms with van der Waals surface area (Å²) in [4.78, 5) is 15.9. The number of ether oxygens (including phenoxy) is 1. The Hall–Kier alpha value is -1.56. The molecule has 6 heteroatoms. The fourth-order valence-electron chi connectivity index (χ4n) is 3.70. The van der Waals surface area contributed by atoms with E-state index in [2.05, 4.69) is 37.5 Å². The third-order valence-corrected chi connectivity index (χ3v) is 5.26. The maximum absolute atomic E-state index is 11.9. The molecule has 0 unspecified atom stereocenters. The van der Waals surface area contributed by atoms with E-state index in [-0.39, 0.29) is 6.09 Å². The van der Waals surface area contributed by atoms with Gasteiger partial charge in [0, 0.05) is 30.3 Å². The fourth-order valence-corrected chi connectivity index (χ4v) is 3.70. The van der Waals surface area contributed by atoms with E-state index >= 15 is 0 Å². The molecule has 0 bridgehead atoms. The molecule has 1 aliphatic heterocycles. The third kappa shape index (κ3) is 2.84. The molecule has 1 saturated carbocycles. The SMILES string of the molecule is COC(=O)N1CCc2c(c(C(C)C)nn2C2CC(N(C)C)C2)C1. The lowest BCUT2D eigenvalue weighted by Gasteiger charge is -2.40. The van der Waals surface area contributed by atoms with E-state index in [1.807, 2.05) is 0 Å². The molecule has 0 aromatic carbocycles. The molecule has 3 rings (SSSR count). The highest BCUT2D eigenvalue weighted by molar-refractivity contribution is 5.68. The Labute approximate surface area is 138 Å². The molecule has 0 saturated heterocycles. The molecule has 128 valence electrons. The maximum Gasteiger partial charge on any atom is 0.409 e. The maximum atomic E-state index is 11.9. The van der Waals surface area contributed by atoms with Gasteiger partial charge in [0.15, 0.2) is 0 Å². The van der Waals surface area contributed by atoms with Crippen molar-refractivity contribution in [3.05, 3.63) is 17.0 Å². The quantitative estimate of drug-likeness (QED) is 0.858. The van der Waals surface area contributed by atoms with Crippen LogP contribution in [0.15, 0.2) is 0 Å². The van der Waals surface area contributed by atoms with Gasteiger partial charge in [-0.15, -0.1) is 0 Å². The van der Waals surface area contributed by atoms with Crippen molar-refractivity contribution in [3.63, 3.8) is 0 Å². The summed E-state index contributed by atoms with van der Waals surface area (Å²) in [6, 6.07) is 1.17. The predicted octanol–water partition coefficient (Wildman–Crippen LogP) is 2.40. The molecule has 0 N–H and O–H groups in total. The molecule has 0 atom stereocenters. The molecule has 2 heterocycles. The molecule has 23 heavy (non-hydrogen) atoms. The van der Waals surface area contributed by atoms with Crippen LogP contribution in [0.25, 0.3) is 0 Å². The monoisotopic (exact) mass is 320 g/mol. The van der Waals surface area contributed by atoms with Gasteiger partial charge >= 0.3 is 6.09 Å². The smallest absolute Gasteiger partial charge is 0.409 e. The molecular formula is C17H28N4O2. The number of hydrogen-bond donors (Lipinski definition) is 0. The van der Waals surface area contributed by atoms with E-state index in [4.69, 9.17) is 9.84 Å². The second-order valence-corrected chi connectivity index (χ2v) is 7.29. The summed E-state index contributed by atoms with van der Waals surface area (Å²) in [5.41, 5.74) is 3.71. The second kappa shape index (κ2) is 6.15. The Morgan fingerprint density at radius 2 is 2.04 bits per heavy atom. The highest BCUT2D eigenvalue weighted by atomic mass is 16.5. The van der Waals surface area contributed by atoms with Crippen molar-refractivity contribution >= 4 is 6.09 Å². The first-order valence-corrected chi connectivity index (χ1v) is 8.51. The van der Waals surface area contributed by atoms with E-state index in [9.17, 15) is 4.79 Å². The first-order valence-electron chi connectivity index (χ1n) is 8.51. The number of carbonyl (C=O) groups excluding carboxylic acids is 1. The standard InChI is InChI=1S/C17H28N4O2/c1-11(2)16-14-10-20(17(22)23-5)7-6-15(14)21(18-16)13-8-12(9-13)19(3)4/h11-13H,6-10H2,1-5H3. The van der Waals surface area contributed by atoms with Gasteiger partial charge in [0.1, 0.15) is 0 Å². The van der Waals surface area contributed by atoms with Gasteiger partial charge in [-0.25, -0.2) is 4.79 Å². The van der Waals surface area contributed by atoms with Gasteiger partial charge in [-0.2, -0.15) is 5.10 Å². The summed E-state index contributed by atoms with van der Waals surface area (Å²) in [5, 5.41) is 4.95. The zero-order valence-corrected chi connectivity index (χ0v) is 14.9. The summed E-state index contributed by atoms with van der Waals surface area (Å²) in [6.07, 6.45) is 2.96. The minimum absolute atomic E-state index is 0.241. The van der Waals surface area contributed by atoms with Crippen LogP contribution in [0.1, 0.15) is 55.6 Å². The lowest BCUT2D eigenvalue weighted by Crippen LogP contribution is -2.43. The molecule has 6 nitrogen and oxygen atoms in total. The topological polar surface area (TPSA) is 50.6 Å². The third-order valence-electron chi connectivity index (χ3n) is 5.26. The minimum Gasteiger partial charge on any atom is -0.453 e. The normalized spacial score (nSPS) is 23.9. The second-order valence-electron chi connectivity index (χ2n) is 7.29. The largest absolute Gasteiger partial charge is 0.453 e. The van der Waals surface area contributed by atoms with Crippen LogP contribution < -0.4 is 0 Å². The number of nitrogens with zero attached hydrogens (tertiary/aromatic N) is 4. The van der Waals surface area contributed by atoms with Gasteiger partial charge in [-0.1, -0.05) is 13.8 Å². The van der Waals surface area contributed by atoms with Crippen LogP contribution in [0.3, 0.4) is 0 Å². The molecule has 1 aromatic rings. The van der Waals surface area contributed by atoms with Gasteiger partial charge in [-0.05, 0) is 32.9 Å². The van der Waals surface area contributed by atoms with Gasteiger partial charge in [0.05, 0.1) is 25.4 Å². The lowest BCUT2D eigenvalue weighted by molar-refractivity contribution is 0.111. The molecule has 0 radical (unpaired) electrons. The van der Waals surface area contributed by atoms with E-state index in [1.165, 1.54) is 31.2 Å². The summed E-state index contributed by atoms with van der Waals surface area (Å²) in [6.45, 7) is 5.69. The highest BCUT2D eigenvalue weighted by Crippen LogP contribution is 2.38. The van der Waals surface area contributed by atoms with Gasteiger partial charge in [-0.3, -0.25) is 4.68 Å². The number of rotatable bonds is 3. The van der Waals surface area contributed by atoms with Crippen molar-refractivity contribution in [2.75, 3.05) is 27.7 Å². The molecule has 0 spiro atoms. The van der Waals surface area contributed by atoms with E-state index in [0.717, 1.165) is 12.1 Å². The van der Waals surface area contributed by atoms with E-state index in [0.29, 0.717) is 31.1 Å². The lowest BCUT2D eigenvalue weighted by atomic mass is 9.85. The average Bonchev–Trinajstić information content (AvgIpc) is 2.83. The number of amides is 1. The van der Waals surface area contributed by atoms with Crippen LogP contribution in [0, 0.1) is 0 Å². The van der Waals surface area contributed by atoms with E-state index < -0.39 is 0 Å². The highest BCUT2D eigenvalue weighted by Gasteiger charge is 2.37. The molecule has 1 aromatic heterocycles. The number of hydrogen-bond acceptors (Lipinski definition) is 4. The number of methoxy groups -OCH3 is 1. The number of aromatic nitrogens is 2. The Balaban J connectivity index is 1.86. The number of carbonyl (C=O) groups is 1. The zero-order chi connectivity index (χ0) is 16.7. The first kappa shape index (κ1) is 16.3. The number of fused-ring (bicyclic) bond motifs is 1. The van der Waals surface area contributed by atoms with E-state index in [1.54, 1.807) is 4.90 Å². The Morgan fingerprint density at radius 1 is 1.35 bits per heavy atom. The van der Waals surface area contributed by atoms with Crippen molar-refractivity contribution in [3.8, 4) is 0 Å². The average molecular weight is 320 g/mol. The Bertz CT molecular complexity index is 588. The van der Waals surface area contributed by atoms with Gasteiger partial charge < -0.3 is 14.5 Å². The van der Waals surface area contributed by atoms with Crippen molar-refractivity contribution in [1.29, 1.82) is 0 Å². The first-order chi connectivity index (χ1) is 10.9. The summed E-state index contributed by atoms with van der Waals surface area (Å²) < 4.78 is 7.15. The zero-order valence-electron chi connectivity index (χ0n) is 14.9. The molecule has 2 aliphatic rings. The summed E-state index contributed by atoms with van der Waals surface area (Å²) in [5.74, 6) is 0.368. The van der Waals surface area contributed by atoms with Crippen LogP contribution in [-0.4, -0.2) is 59.5 Å². The van der Waals surface area contributed by atoms with Crippen LogP contribution in [0.5, 0.6) is 0 Å². The van der Waals surface area contributed by atoms with Gasteiger partial charge in [0.25, 0.3) is 0 Å². The van der Waals surface area contributed by atoms with Crippen LogP contribution in [0.2, 0.25) is 0 Å². The summed E-state index contributed by atoms with van der Waals surface area (Å²) >= 11 is 0. The Kier molecular flexibility index (Phi) is 4.36. The molecular weight excluding hydrogens is 292 g/mol. The van der Waals surface area contributed by atoms with Gasteiger partial charge in [0.2, 0.25) is 0 Å². The summed E-state index contributed by atoms with van der Waals surface area (Å²) in [7, 11) is 5.74. The van der Waals surface area contributed by atoms with Crippen LogP contribution >= 0.6 is 0 Å². The Morgan fingerprint density at radius 3 is 2.61 bits per heavy atom. The minimum atomic E-state index is -0.241.